The van der Waals surface area contributed by atoms with Crippen LogP contribution in [0.3, 0.4) is 0 Å². The van der Waals surface area contributed by atoms with Crippen LogP contribution >= 0.6 is 11.3 Å². The first-order valence-corrected chi connectivity index (χ1v) is 12.7. The highest BCUT2D eigenvalue weighted by Gasteiger charge is 2.15. The molecule has 1 fully saturated rings. The van der Waals surface area contributed by atoms with E-state index in [2.05, 4.69) is 28.6 Å². The number of para-hydroxylation sites is 1. The van der Waals surface area contributed by atoms with Crippen LogP contribution in [-0.2, 0) is 4.79 Å². The number of ether oxygens (including phenoxy) is 1. The number of aliphatic hydroxyl groups is 1. The number of aliphatic hydroxyl groups excluding tert-OH is 1. The number of thiazole rings is 1. The molecule has 0 aliphatic carbocycles. The molecule has 0 saturated carbocycles. The van der Waals surface area contributed by atoms with Crippen molar-refractivity contribution in [3.8, 4) is 5.19 Å². The molecule has 1 N–H and O–H groups in total. The summed E-state index contributed by atoms with van der Waals surface area (Å²) in [6, 6.07) is 8.06. The molecule has 1 aliphatic heterocycles. The molecule has 0 bridgehead atoms. The van der Waals surface area contributed by atoms with Crippen LogP contribution in [0, 0.1) is 5.92 Å². The Morgan fingerprint density at radius 2 is 2.06 bits per heavy atom. The van der Waals surface area contributed by atoms with Crippen LogP contribution in [0.2, 0.25) is 0 Å². The summed E-state index contributed by atoms with van der Waals surface area (Å²) in [5.41, 5.74) is 2.19. The van der Waals surface area contributed by atoms with E-state index in [1.165, 1.54) is 12.0 Å². The lowest BCUT2D eigenvalue weighted by Crippen LogP contribution is -2.26. The number of fused-ring (bicyclic) bond motifs is 1. The number of nitrogens with zero attached hydrogens (tertiary/aromatic N) is 2. The van der Waals surface area contributed by atoms with Gasteiger partial charge in [-0.05, 0) is 95.8 Å². The Kier molecular flexibility index (Phi) is 12.7. The van der Waals surface area contributed by atoms with Crippen LogP contribution in [0.1, 0.15) is 52.4 Å². The van der Waals surface area contributed by atoms with E-state index in [1.807, 2.05) is 37.3 Å². The number of likely N-dealkylation sites (tertiary alicyclic amines) is 1. The largest absolute Gasteiger partial charge is 0.436 e. The third-order valence-electron chi connectivity index (χ3n) is 5.56. The molecule has 0 radical (unpaired) electrons. The predicted molar refractivity (Wildman–Crippen MR) is 139 cm³/mol. The monoisotopic (exact) mass is 470 g/mol. The minimum Gasteiger partial charge on any atom is -0.436 e. The standard InChI is InChI=1S/C25H32N2O2S.C2H6O/c1-3-21(9-6-7-16-27-17-8-10-22(19-28)15-18-27)14-13-20(2)29-25-26-23-11-4-5-12-24(23)30-25;1-2-3/h3-5,11-14,19,22H,1,6-10,15-18H2,2H3;3H,2H2,1H3/b20-13+,21-14+;. The van der Waals surface area contributed by atoms with Gasteiger partial charge >= 0.3 is 0 Å². The lowest BCUT2D eigenvalue weighted by molar-refractivity contribution is -0.111. The van der Waals surface area contributed by atoms with Crippen LogP contribution in [-0.4, -0.2) is 47.5 Å². The molecule has 1 aromatic heterocycles. The van der Waals surface area contributed by atoms with Gasteiger partial charge in [-0.2, -0.15) is 0 Å². The number of aldehydes is 1. The maximum absolute atomic E-state index is 11.0. The normalized spacial score (nSPS) is 17.7. The molecule has 33 heavy (non-hydrogen) atoms. The van der Waals surface area contributed by atoms with Crippen molar-refractivity contribution in [1.82, 2.24) is 9.88 Å². The second-order valence-electron chi connectivity index (χ2n) is 8.21. The van der Waals surface area contributed by atoms with Gasteiger partial charge in [-0.3, -0.25) is 0 Å². The molecule has 5 nitrogen and oxygen atoms in total. The van der Waals surface area contributed by atoms with Crippen LogP contribution in [0.15, 0.2) is 60.4 Å². The van der Waals surface area contributed by atoms with E-state index in [0.29, 0.717) is 5.19 Å². The van der Waals surface area contributed by atoms with E-state index in [0.717, 1.165) is 74.0 Å². The van der Waals surface area contributed by atoms with Gasteiger partial charge in [-0.1, -0.05) is 42.2 Å². The summed E-state index contributed by atoms with van der Waals surface area (Å²) in [7, 11) is 0. The zero-order valence-corrected chi connectivity index (χ0v) is 20.9. The Balaban J connectivity index is 0.00000122. The van der Waals surface area contributed by atoms with E-state index in [-0.39, 0.29) is 12.5 Å². The zero-order valence-electron chi connectivity index (χ0n) is 20.0. The average Bonchev–Trinajstić information content (AvgIpc) is 3.08. The maximum atomic E-state index is 11.0. The Morgan fingerprint density at radius 3 is 2.79 bits per heavy atom. The number of carbonyl (C=O) groups is 1. The number of hydrogen-bond acceptors (Lipinski definition) is 6. The van der Waals surface area contributed by atoms with Gasteiger partial charge in [0.05, 0.1) is 10.2 Å². The average molecular weight is 471 g/mol. The quantitative estimate of drug-likeness (QED) is 0.195. The molecule has 1 aromatic carbocycles. The van der Waals surface area contributed by atoms with Gasteiger partial charge < -0.3 is 19.5 Å². The minimum absolute atomic E-state index is 0.250. The smallest absolute Gasteiger partial charge is 0.279 e. The van der Waals surface area contributed by atoms with Crippen molar-refractivity contribution >= 4 is 27.8 Å². The van der Waals surface area contributed by atoms with E-state index in [4.69, 9.17) is 9.84 Å². The van der Waals surface area contributed by atoms with Gasteiger partial charge in [0.25, 0.3) is 5.19 Å². The van der Waals surface area contributed by atoms with Crippen molar-refractivity contribution in [3.63, 3.8) is 0 Å². The van der Waals surface area contributed by atoms with Gasteiger partial charge in [0.15, 0.2) is 0 Å². The number of rotatable bonds is 10. The van der Waals surface area contributed by atoms with Crippen molar-refractivity contribution in [2.45, 2.75) is 52.4 Å². The Morgan fingerprint density at radius 1 is 1.27 bits per heavy atom. The van der Waals surface area contributed by atoms with Gasteiger partial charge in [0.2, 0.25) is 0 Å². The molecule has 6 heteroatoms. The molecule has 1 saturated heterocycles. The number of benzene rings is 1. The van der Waals surface area contributed by atoms with Gasteiger partial charge in [-0.25, -0.2) is 4.98 Å². The number of allylic oxidation sites excluding steroid dienone is 5. The SMILES string of the molecule is C=C/C(=C\C=C(/C)Oc1nc2ccccc2s1)CCCCN1CCCC(C=O)CC1.CCO. The van der Waals surface area contributed by atoms with Crippen molar-refractivity contribution in [1.29, 1.82) is 0 Å². The van der Waals surface area contributed by atoms with Crippen molar-refractivity contribution in [2.75, 3.05) is 26.2 Å². The van der Waals surface area contributed by atoms with Crippen LogP contribution in [0.25, 0.3) is 10.2 Å². The molecule has 2 aromatic rings. The van der Waals surface area contributed by atoms with Gasteiger partial charge in [0.1, 0.15) is 12.0 Å². The first kappa shape index (κ1) is 27.0. The lowest BCUT2D eigenvalue weighted by atomic mass is 10.0. The number of carbonyl (C=O) groups excluding carboxylic acids is 1. The van der Waals surface area contributed by atoms with E-state index >= 15 is 0 Å². The second kappa shape index (κ2) is 15.5. The third kappa shape index (κ3) is 10.0. The molecular formula is C27H38N2O3S. The van der Waals surface area contributed by atoms with Crippen LogP contribution < -0.4 is 4.74 Å². The van der Waals surface area contributed by atoms with Gasteiger partial charge in [0, 0.05) is 12.5 Å². The zero-order chi connectivity index (χ0) is 23.9. The summed E-state index contributed by atoms with van der Waals surface area (Å²) in [6.45, 7) is 11.1. The molecule has 180 valence electrons. The van der Waals surface area contributed by atoms with E-state index in [9.17, 15) is 4.79 Å². The molecule has 1 atom stereocenters. The fourth-order valence-electron chi connectivity index (χ4n) is 3.75. The summed E-state index contributed by atoms with van der Waals surface area (Å²) in [5, 5.41) is 8.24. The third-order valence-corrected chi connectivity index (χ3v) is 6.48. The molecular weight excluding hydrogens is 432 g/mol. The fraction of sp³-hybridized carbons (Fsp3) is 0.481. The topological polar surface area (TPSA) is 62.7 Å². The van der Waals surface area contributed by atoms with Crippen LogP contribution in [0.5, 0.6) is 5.19 Å². The van der Waals surface area contributed by atoms with Crippen molar-refractivity contribution < 1.29 is 14.6 Å². The number of unbranched alkanes of at least 4 members (excludes halogenated alkanes) is 1. The maximum Gasteiger partial charge on any atom is 0.279 e. The van der Waals surface area contributed by atoms with Crippen molar-refractivity contribution in [3.05, 3.63) is 60.4 Å². The molecule has 1 unspecified atom stereocenters. The van der Waals surface area contributed by atoms with Crippen LogP contribution in [0.4, 0.5) is 0 Å². The molecule has 0 spiro atoms. The molecule has 1 aliphatic rings. The summed E-state index contributed by atoms with van der Waals surface area (Å²) < 4.78 is 7.02. The number of aromatic nitrogens is 1. The van der Waals surface area contributed by atoms with Crippen molar-refractivity contribution in [2.24, 2.45) is 5.92 Å². The Hall–Kier alpha value is -2.28. The summed E-state index contributed by atoms with van der Waals surface area (Å²) in [6.07, 6.45) is 13.7. The Labute approximate surface area is 202 Å². The molecule has 0 amide bonds. The number of hydrogen-bond donors (Lipinski definition) is 1. The predicted octanol–water partition coefficient (Wildman–Crippen LogP) is 6.16. The summed E-state index contributed by atoms with van der Waals surface area (Å²) >= 11 is 1.56. The molecule has 2 heterocycles. The molecule has 3 rings (SSSR count). The lowest BCUT2D eigenvalue weighted by Gasteiger charge is -2.19. The first-order chi connectivity index (χ1) is 16.1. The highest BCUT2D eigenvalue weighted by Crippen LogP contribution is 2.28. The summed E-state index contributed by atoms with van der Waals surface area (Å²) in [5.74, 6) is 1.09. The minimum atomic E-state index is 0.250. The first-order valence-electron chi connectivity index (χ1n) is 11.9. The highest BCUT2D eigenvalue weighted by atomic mass is 32.1. The van der Waals surface area contributed by atoms with Gasteiger partial charge in [-0.15, -0.1) is 0 Å². The summed E-state index contributed by atoms with van der Waals surface area (Å²) in [4.78, 5) is 18.0. The fourth-order valence-corrected chi connectivity index (χ4v) is 4.62. The Bertz CT molecular complexity index is 886. The van der Waals surface area contributed by atoms with E-state index in [1.54, 1.807) is 18.3 Å². The highest BCUT2D eigenvalue weighted by molar-refractivity contribution is 7.20. The second-order valence-corrected chi connectivity index (χ2v) is 9.21. The van der Waals surface area contributed by atoms with E-state index < -0.39 is 0 Å².